The van der Waals surface area contributed by atoms with Gasteiger partial charge in [0.15, 0.2) is 0 Å². The Hall–Kier alpha value is -0.0800. The zero-order valence-corrected chi connectivity index (χ0v) is 9.33. The van der Waals surface area contributed by atoms with Gasteiger partial charge in [0, 0.05) is 7.11 Å². The van der Waals surface area contributed by atoms with Crippen molar-refractivity contribution in [1.29, 1.82) is 0 Å². The van der Waals surface area contributed by atoms with Crippen molar-refractivity contribution < 1.29 is 9.84 Å². The lowest BCUT2D eigenvalue weighted by atomic mass is 9.75. The number of aliphatic hydroxyl groups is 1. The van der Waals surface area contributed by atoms with Crippen molar-refractivity contribution in [3.05, 3.63) is 0 Å². The molecule has 2 aliphatic carbocycles. The van der Waals surface area contributed by atoms with Crippen LogP contribution in [-0.4, -0.2) is 23.9 Å². The van der Waals surface area contributed by atoms with Crippen molar-refractivity contribution >= 4 is 0 Å². The molecule has 0 amide bonds. The van der Waals surface area contributed by atoms with Crippen LogP contribution in [0.3, 0.4) is 0 Å². The first kappa shape index (κ1) is 10.4. The molecular weight excluding hydrogens is 176 g/mol. The maximum atomic E-state index is 10.2. The molecule has 0 heterocycles. The van der Waals surface area contributed by atoms with Gasteiger partial charge in [0.1, 0.15) is 0 Å². The molecule has 2 saturated carbocycles. The molecule has 2 nitrogen and oxygen atoms in total. The molecule has 2 rings (SSSR count). The van der Waals surface area contributed by atoms with Crippen LogP contribution in [0.15, 0.2) is 0 Å². The Labute approximate surface area is 86.6 Å². The monoisotopic (exact) mass is 198 g/mol. The Balaban J connectivity index is 2.01. The van der Waals surface area contributed by atoms with Gasteiger partial charge in [-0.1, -0.05) is 6.92 Å². The molecule has 0 radical (unpaired) electrons. The molecule has 82 valence electrons. The summed E-state index contributed by atoms with van der Waals surface area (Å²) in [6.07, 6.45) is 6.68. The van der Waals surface area contributed by atoms with Crippen LogP contribution in [0.2, 0.25) is 0 Å². The molecule has 0 spiro atoms. The van der Waals surface area contributed by atoms with Crippen LogP contribution >= 0.6 is 0 Å². The second kappa shape index (κ2) is 3.82. The summed E-state index contributed by atoms with van der Waals surface area (Å²) in [7, 11) is 1.77. The average molecular weight is 198 g/mol. The van der Waals surface area contributed by atoms with Gasteiger partial charge in [-0.05, 0) is 50.4 Å². The predicted molar refractivity (Wildman–Crippen MR) is 56.1 cm³/mol. The summed E-state index contributed by atoms with van der Waals surface area (Å²) in [4.78, 5) is 0. The Morgan fingerprint density at radius 3 is 2.21 bits per heavy atom. The molecule has 14 heavy (non-hydrogen) atoms. The summed E-state index contributed by atoms with van der Waals surface area (Å²) in [5, 5.41) is 10.2. The Kier molecular flexibility index (Phi) is 2.85. The Morgan fingerprint density at radius 1 is 1.21 bits per heavy atom. The van der Waals surface area contributed by atoms with Gasteiger partial charge in [-0.2, -0.15) is 0 Å². The lowest BCUT2D eigenvalue weighted by Crippen LogP contribution is -2.47. The maximum absolute atomic E-state index is 10.2. The number of methoxy groups -OCH3 is 1. The number of aliphatic hydroxyl groups excluding tert-OH is 1. The van der Waals surface area contributed by atoms with Crippen LogP contribution < -0.4 is 0 Å². The van der Waals surface area contributed by atoms with Crippen LogP contribution in [0.5, 0.6) is 0 Å². The van der Waals surface area contributed by atoms with Gasteiger partial charge in [0.2, 0.25) is 0 Å². The fourth-order valence-electron chi connectivity index (χ4n) is 2.71. The first-order valence-electron chi connectivity index (χ1n) is 5.91. The number of hydrogen-bond donors (Lipinski definition) is 1. The third-order valence-electron chi connectivity index (χ3n) is 4.13. The van der Waals surface area contributed by atoms with E-state index in [1.807, 2.05) is 0 Å². The SMILES string of the molecule is COC1(C(O)C2CC2)CCC(C)CC1. The largest absolute Gasteiger partial charge is 0.390 e. The predicted octanol–water partition coefficient (Wildman–Crippen LogP) is 2.35. The van der Waals surface area contributed by atoms with E-state index in [2.05, 4.69) is 6.92 Å². The van der Waals surface area contributed by atoms with E-state index in [9.17, 15) is 5.11 Å². The van der Waals surface area contributed by atoms with Crippen molar-refractivity contribution in [1.82, 2.24) is 0 Å². The molecule has 1 unspecified atom stereocenters. The minimum atomic E-state index is -0.208. The normalized spacial score (nSPS) is 40.9. The first-order chi connectivity index (χ1) is 6.68. The van der Waals surface area contributed by atoms with E-state index in [-0.39, 0.29) is 11.7 Å². The van der Waals surface area contributed by atoms with Crippen LogP contribution in [0.4, 0.5) is 0 Å². The molecular formula is C12H22O2. The fraction of sp³-hybridized carbons (Fsp3) is 1.00. The van der Waals surface area contributed by atoms with Crippen LogP contribution in [0.1, 0.15) is 45.4 Å². The highest BCUT2D eigenvalue weighted by atomic mass is 16.5. The smallest absolute Gasteiger partial charge is 0.0939 e. The summed E-state index contributed by atoms with van der Waals surface area (Å²) >= 11 is 0. The number of hydrogen-bond acceptors (Lipinski definition) is 2. The summed E-state index contributed by atoms with van der Waals surface area (Å²) < 4.78 is 5.64. The molecule has 0 aliphatic heterocycles. The van der Waals surface area contributed by atoms with Crippen molar-refractivity contribution in [3.63, 3.8) is 0 Å². The molecule has 0 aromatic rings. The van der Waals surface area contributed by atoms with E-state index >= 15 is 0 Å². The highest BCUT2D eigenvalue weighted by molar-refractivity contribution is 4.98. The standard InChI is InChI=1S/C12H22O2/c1-9-5-7-12(14-2,8-6-9)11(13)10-3-4-10/h9-11,13H,3-8H2,1-2H3. The highest BCUT2D eigenvalue weighted by Gasteiger charge is 2.47. The second-order valence-corrected chi connectivity index (χ2v) is 5.23. The van der Waals surface area contributed by atoms with E-state index in [1.54, 1.807) is 7.11 Å². The van der Waals surface area contributed by atoms with Gasteiger partial charge in [0.05, 0.1) is 11.7 Å². The van der Waals surface area contributed by atoms with Crippen molar-refractivity contribution in [2.75, 3.05) is 7.11 Å². The summed E-state index contributed by atoms with van der Waals surface area (Å²) in [5.41, 5.74) is -0.201. The lowest BCUT2D eigenvalue weighted by molar-refractivity contribution is -0.135. The third kappa shape index (κ3) is 1.82. The molecule has 0 aromatic carbocycles. The minimum absolute atomic E-state index is 0.201. The van der Waals surface area contributed by atoms with Gasteiger partial charge in [-0.3, -0.25) is 0 Å². The molecule has 2 aliphatic rings. The average Bonchev–Trinajstić information content (AvgIpc) is 3.02. The number of rotatable bonds is 3. The zero-order chi connectivity index (χ0) is 10.2. The Morgan fingerprint density at radius 2 is 1.79 bits per heavy atom. The van der Waals surface area contributed by atoms with Crippen molar-refractivity contribution in [2.45, 2.75) is 57.2 Å². The summed E-state index contributed by atoms with van der Waals surface area (Å²) in [6, 6.07) is 0. The van der Waals surface area contributed by atoms with Crippen LogP contribution in [0.25, 0.3) is 0 Å². The quantitative estimate of drug-likeness (QED) is 0.754. The van der Waals surface area contributed by atoms with E-state index in [1.165, 1.54) is 25.7 Å². The number of ether oxygens (including phenoxy) is 1. The highest BCUT2D eigenvalue weighted by Crippen LogP contribution is 2.45. The molecule has 1 atom stereocenters. The van der Waals surface area contributed by atoms with Gasteiger partial charge >= 0.3 is 0 Å². The van der Waals surface area contributed by atoms with Gasteiger partial charge in [-0.25, -0.2) is 0 Å². The van der Waals surface area contributed by atoms with E-state index < -0.39 is 0 Å². The zero-order valence-electron chi connectivity index (χ0n) is 9.33. The van der Waals surface area contributed by atoms with Crippen molar-refractivity contribution in [2.24, 2.45) is 11.8 Å². The van der Waals surface area contributed by atoms with Gasteiger partial charge in [0.25, 0.3) is 0 Å². The topological polar surface area (TPSA) is 29.5 Å². The minimum Gasteiger partial charge on any atom is -0.390 e. The summed E-state index contributed by atoms with van der Waals surface area (Å²) in [5.74, 6) is 1.34. The third-order valence-corrected chi connectivity index (χ3v) is 4.13. The maximum Gasteiger partial charge on any atom is 0.0939 e. The molecule has 0 bridgehead atoms. The molecule has 2 fully saturated rings. The molecule has 0 aromatic heterocycles. The van der Waals surface area contributed by atoms with Crippen molar-refractivity contribution in [3.8, 4) is 0 Å². The lowest BCUT2D eigenvalue weighted by Gasteiger charge is -2.42. The first-order valence-corrected chi connectivity index (χ1v) is 5.91. The molecule has 2 heteroatoms. The van der Waals surface area contributed by atoms with Gasteiger partial charge < -0.3 is 9.84 Å². The molecule has 0 saturated heterocycles. The van der Waals surface area contributed by atoms with E-state index in [0.717, 1.165) is 18.8 Å². The van der Waals surface area contributed by atoms with E-state index in [4.69, 9.17) is 4.74 Å². The molecule has 1 N–H and O–H groups in total. The second-order valence-electron chi connectivity index (χ2n) is 5.23. The van der Waals surface area contributed by atoms with Crippen LogP contribution in [0, 0.1) is 11.8 Å². The summed E-state index contributed by atoms with van der Waals surface area (Å²) in [6.45, 7) is 2.29. The Bertz CT molecular complexity index is 190. The van der Waals surface area contributed by atoms with E-state index in [0.29, 0.717) is 5.92 Å². The fourth-order valence-corrected chi connectivity index (χ4v) is 2.71. The van der Waals surface area contributed by atoms with Gasteiger partial charge in [-0.15, -0.1) is 0 Å². The van der Waals surface area contributed by atoms with Crippen LogP contribution in [-0.2, 0) is 4.74 Å².